The van der Waals surface area contributed by atoms with Crippen LogP contribution in [0.3, 0.4) is 0 Å². The lowest BCUT2D eigenvalue weighted by Crippen LogP contribution is -2.40. The fourth-order valence-electron chi connectivity index (χ4n) is 4.07. The van der Waals surface area contributed by atoms with E-state index in [1.807, 2.05) is 80.6 Å². The molecule has 2 heterocycles. The van der Waals surface area contributed by atoms with Crippen LogP contribution >= 0.6 is 11.8 Å². The molecule has 3 aromatic carbocycles. The van der Waals surface area contributed by atoms with Gasteiger partial charge in [0.15, 0.2) is 11.2 Å². The molecule has 0 radical (unpaired) electrons. The van der Waals surface area contributed by atoms with Gasteiger partial charge in [-0.1, -0.05) is 60.3 Å². The molecular weight excluding hydrogens is 432 g/mol. The first-order chi connectivity index (χ1) is 16.0. The largest absolute Gasteiger partial charge is 0.325 e. The van der Waals surface area contributed by atoms with Crippen LogP contribution in [0.2, 0.25) is 0 Å². The number of para-hydroxylation sites is 1. The number of nitrogens with one attached hydrogen (secondary N) is 1. The summed E-state index contributed by atoms with van der Waals surface area (Å²) in [6.45, 7) is 3.99. The van der Waals surface area contributed by atoms with Crippen molar-refractivity contribution in [1.82, 2.24) is 4.90 Å². The molecule has 0 spiro atoms. The molecule has 7 heteroatoms. The van der Waals surface area contributed by atoms with Crippen molar-refractivity contribution >= 4 is 46.0 Å². The fraction of sp³-hybridized carbons (Fsp3) is 0.154. The van der Waals surface area contributed by atoms with Gasteiger partial charge in [-0.25, -0.2) is 14.9 Å². The Morgan fingerprint density at radius 1 is 1.00 bits per heavy atom. The summed E-state index contributed by atoms with van der Waals surface area (Å²) < 4.78 is 0. The first kappa shape index (κ1) is 21.2. The van der Waals surface area contributed by atoms with E-state index < -0.39 is 6.04 Å². The summed E-state index contributed by atoms with van der Waals surface area (Å²) in [6.07, 6.45) is 0. The van der Waals surface area contributed by atoms with E-state index in [0.29, 0.717) is 11.0 Å². The molecule has 0 aromatic heterocycles. The maximum absolute atomic E-state index is 13.4. The highest BCUT2D eigenvalue weighted by molar-refractivity contribution is 8.14. The van der Waals surface area contributed by atoms with Crippen LogP contribution in [0.5, 0.6) is 0 Å². The Bertz CT molecular complexity index is 1300. The number of nitrogens with zero attached hydrogens (tertiary/aromatic N) is 3. The van der Waals surface area contributed by atoms with Crippen molar-refractivity contribution in [3.63, 3.8) is 0 Å². The van der Waals surface area contributed by atoms with E-state index in [2.05, 4.69) is 11.4 Å². The Balaban J connectivity index is 1.40. The average molecular weight is 455 g/mol. The van der Waals surface area contributed by atoms with Crippen molar-refractivity contribution in [3.8, 4) is 0 Å². The maximum Gasteiger partial charge on any atom is 0.263 e. The Kier molecular flexibility index (Phi) is 5.56. The van der Waals surface area contributed by atoms with Gasteiger partial charge in [0.1, 0.15) is 5.84 Å². The van der Waals surface area contributed by atoms with E-state index in [1.54, 1.807) is 4.90 Å². The van der Waals surface area contributed by atoms with Gasteiger partial charge in [-0.3, -0.25) is 9.59 Å². The maximum atomic E-state index is 13.4. The van der Waals surface area contributed by atoms with Crippen molar-refractivity contribution < 1.29 is 9.59 Å². The van der Waals surface area contributed by atoms with Crippen LogP contribution in [0.1, 0.15) is 28.3 Å². The van der Waals surface area contributed by atoms with E-state index in [4.69, 9.17) is 9.98 Å². The zero-order valence-corrected chi connectivity index (χ0v) is 19.1. The van der Waals surface area contributed by atoms with Crippen LogP contribution in [0.25, 0.3) is 0 Å². The number of aliphatic imine (C=N–C) groups is 2. The van der Waals surface area contributed by atoms with Crippen molar-refractivity contribution in [2.75, 3.05) is 11.1 Å². The third-order valence-electron chi connectivity index (χ3n) is 5.42. The Hall–Kier alpha value is -3.71. The molecule has 0 bridgehead atoms. The molecule has 0 fully saturated rings. The smallest absolute Gasteiger partial charge is 0.263 e. The van der Waals surface area contributed by atoms with Crippen LogP contribution in [0.4, 0.5) is 11.4 Å². The predicted molar refractivity (Wildman–Crippen MR) is 133 cm³/mol. The monoisotopic (exact) mass is 454 g/mol. The molecule has 6 nitrogen and oxygen atoms in total. The van der Waals surface area contributed by atoms with E-state index in [1.165, 1.54) is 11.8 Å². The summed E-state index contributed by atoms with van der Waals surface area (Å²) in [5.41, 5.74) is 5.32. The van der Waals surface area contributed by atoms with Crippen molar-refractivity contribution in [1.29, 1.82) is 0 Å². The number of carbonyl (C=O) groups excluding carboxylic acids is 2. The number of aryl methyl sites for hydroxylation is 2. The number of benzene rings is 3. The van der Waals surface area contributed by atoms with Gasteiger partial charge in [0.05, 0.1) is 11.4 Å². The zero-order valence-electron chi connectivity index (χ0n) is 18.3. The number of carbonyl (C=O) groups is 2. The number of anilines is 1. The molecule has 164 valence electrons. The first-order valence-electron chi connectivity index (χ1n) is 10.7. The molecule has 5 rings (SSSR count). The van der Waals surface area contributed by atoms with E-state index in [-0.39, 0.29) is 17.6 Å². The highest BCUT2D eigenvalue weighted by Gasteiger charge is 2.42. The Morgan fingerprint density at radius 3 is 2.45 bits per heavy atom. The summed E-state index contributed by atoms with van der Waals surface area (Å²) in [6, 6.07) is 22.4. The van der Waals surface area contributed by atoms with Gasteiger partial charge < -0.3 is 5.32 Å². The lowest BCUT2D eigenvalue weighted by molar-refractivity contribution is -0.124. The van der Waals surface area contributed by atoms with E-state index >= 15 is 0 Å². The standard InChI is InChI=1S/C26H22N4O2S/c1-16-12-17(2)14-19(13-16)27-22(31)15-33-26-28-21-11-7-6-10-20(21)24-29-23(25(32)30(24)26)18-8-4-3-5-9-18/h3-14,23H,15H2,1-2H3,(H,27,31)/t23-/m0/s1. The first-order valence-corrected chi connectivity index (χ1v) is 11.6. The number of thioether (sulfide) groups is 1. The van der Waals surface area contributed by atoms with Crippen molar-refractivity contribution in [3.05, 3.63) is 95.1 Å². The normalized spacial score (nSPS) is 16.6. The second-order valence-electron chi connectivity index (χ2n) is 8.06. The van der Waals surface area contributed by atoms with Crippen LogP contribution < -0.4 is 5.32 Å². The van der Waals surface area contributed by atoms with Gasteiger partial charge in [0.2, 0.25) is 5.91 Å². The number of hydrogen-bond donors (Lipinski definition) is 1. The predicted octanol–water partition coefficient (Wildman–Crippen LogP) is 5.01. The summed E-state index contributed by atoms with van der Waals surface area (Å²) in [5.74, 6) is 0.390. The van der Waals surface area contributed by atoms with Crippen LogP contribution in [0.15, 0.2) is 82.8 Å². The lowest BCUT2D eigenvalue weighted by Gasteiger charge is -2.25. The van der Waals surface area contributed by atoms with Gasteiger partial charge in [0, 0.05) is 11.3 Å². The highest BCUT2D eigenvalue weighted by Crippen LogP contribution is 2.37. The summed E-state index contributed by atoms with van der Waals surface area (Å²) in [5, 5.41) is 3.40. The number of fused-ring (bicyclic) bond motifs is 3. The topological polar surface area (TPSA) is 74.1 Å². The molecule has 3 aromatic rings. The molecule has 2 aliphatic rings. The molecule has 1 atom stereocenters. The number of hydrogen-bond acceptors (Lipinski definition) is 5. The molecule has 2 aliphatic heterocycles. The van der Waals surface area contributed by atoms with Crippen LogP contribution in [0, 0.1) is 13.8 Å². The SMILES string of the molecule is Cc1cc(C)cc(NC(=O)CSC2=Nc3ccccc3C3=N[C@@H](c4ccccc4)C(=O)N23)c1. The number of rotatable bonds is 4. The second kappa shape index (κ2) is 8.67. The minimum absolute atomic E-state index is 0.126. The second-order valence-corrected chi connectivity index (χ2v) is 9.01. The van der Waals surface area contributed by atoms with Gasteiger partial charge in [-0.05, 0) is 54.8 Å². The van der Waals surface area contributed by atoms with Crippen LogP contribution in [-0.2, 0) is 9.59 Å². The minimum atomic E-state index is -0.623. The Morgan fingerprint density at radius 2 is 1.70 bits per heavy atom. The van der Waals surface area contributed by atoms with Crippen molar-refractivity contribution in [2.45, 2.75) is 19.9 Å². The Labute approximate surface area is 196 Å². The average Bonchev–Trinajstić information content (AvgIpc) is 3.15. The molecular formula is C26H22N4O2S. The minimum Gasteiger partial charge on any atom is -0.325 e. The zero-order chi connectivity index (χ0) is 22.9. The highest BCUT2D eigenvalue weighted by atomic mass is 32.2. The summed E-state index contributed by atoms with van der Waals surface area (Å²) in [7, 11) is 0. The number of amides is 2. The quantitative estimate of drug-likeness (QED) is 0.602. The summed E-state index contributed by atoms with van der Waals surface area (Å²) >= 11 is 1.24. The van der Waals surface area contributed by atoms with Gasteiger partial charge in [-0.15, -0.1) is 0 Å². The molecule has 0 saturated carbocycles. The molecule has 2 amide bonds. The van der Waals surface area contributed by atoms with Gasteiger partial charge in [0.25, 0.3) is 5.91 Å². The molecule has 1 N–H and O–H groups in total. The molecule has 33 heavy (non-hydrogen) atoms. The molecule has 0 aliphatic carbocycles. The van der Waals surface area contributed by atoms with E-state index in [9.17, 15) is 9.59 Å². The molecule has 0 unspecified atom stereocenters. The summed E-state index contributed by atoms with van der Waals surface area (Å²) in [4.78, 5) is 37.1. The lowest BCUT2D eigenvalue weighted by atomic mass is 10.1. The van der Waals surface area contributed by atoms with Gasteiger partial charge >= 0.3 is 0 Å². The number of amidine groups is 2. The van der Waals surface area contributed by atoms with E-state index in [0.717, 1.165) is 33.6 Å². The van der Waals surface area contributed by atoms with Crippen LogP contribution in [-0.4, -0.2) is 33.5 Å². The third kappa shape index (κ3) is 4.19. The fourth-order valence-corrected chi connectivity index (χ4v) is 4.87. The molecule has 0 saturated heterocycles. The van der Waals surface area contributed by atoms with Crippen molar-refractivity contribution in [2.24, 2.45) is 9.98 Å². The van der Waals surface area contributed by atoms with Gasteiger partial charge in [-0.2, -0.15) is 0 Å². The third-order valence-corrected chi connectivity index (χ3v) is 6.36.